The lowest BCUT2D eigenvalue weighted by molar-refractivity contribution is 0.473. The number of benzene rings is 2. The van der Waals surface area contributed by atoms with E-state index in [-0.39, 0.29) is 6.04 Å². The Kier molecular flexibility index (Phi) is 3.46. The molecule has 0 aromatic heterocycles. The average molecular weight is 311 g/mol. The fourth-order valence-electron chi connectivity index (χ4n) is 2.57. The lowest BCUT2D eigenvalue weighted by atomic mass is 10.1. The zero-order valence-corrected chi connectivity index (χ0v) is 12.4. The van der Waals surface area contributed by atoms with Crippen LogP contribution in [0.25, 0.3) is 10.8 Å². The minimum Gasteiger partial charge on any atom is -0.326 e. The number of rotatable bonds is 2. The maximum absolute atomic E-state index is 12.7. The summed E-state index contributed by atoms with van der Waals surface area (Å²) in [7, 11) is -3.52. The molecule has 0 bridgehead atoms. The van der Waals surface area contributed by atoms with Crippen molar-refractivity contribution in [1.29, 1.82) is 0 Å². The Hall–Kier alpha value is -1.14. The molecule has 6 heteroatoms. The van der Waals surface area contributed by atoms with Gasteiger partial charge in [0.1, 0.15) is 0 Å². The molecule has 2 aromatic carbocycles. The number of sulfonamides is 1. The predicted octanol–water partition coefficient (Wildman–Crippen LogP) is 2.21. The molecule has 0 unspecified atom stereocenters. The van der Waals surface area contributed by atoms with Gasteiger partial charge in [0.05, 0.1) is 4.90 Å². The van der Waals surface area contributed by atoms with Crippen LogP contribution in [0.2, 0.25) is 5.02 Å². The molecule has 0 spiro atoms. The summed E-state index contributed by atoms with van der Waals surface area (Å²) in [5.41, 5.74) is 5.81. The lowest BCUT2D eigenvalue weighted by Crippen LogP contribution is -2.32. The molecule has 1 fully saturated rings. The lowest BCUT2D eigenvalue weighted by Gasteiger charge is -2.17. The van der Waals surface area contributed by atoms with Gasteiger partial charge in [-0.05, 0) is 18.6 Å². The summed E-state index contributed by atoms with van der Waals surface area (Å²) < 4.78 is 26.9. The second kappa shape index (κ2) is 5.00. The van der Waals surface area contributed by atoms with E-state index in [1.165, 1.54) is 4.31 Å². The van der Waals surface area contributed by atoms with E-state index >= 15 is 0 Å². The summed E-state index contributed by atoms with van der Waals surface area (Å²) in [5.74, 6) is 0. The van der Waals surface area contributed by atoms with E-state index in [0.29, 0.717) is 34.8 Å². The minimum absolute atomic E-state index is 0.0802. The molecule has 0 saturated carbocycles. The number of fused-ring (bicyclic) bond motifs is 1. The Labute approximate surface area is 123 Å². The molecule has 1 aliphatic heterocycles. The first-order chi connectivity index (χ1) is 9.50. The first-order valence-electron chi connectivity index (χ1n) is 6.43. The van der Waals surface area contributed by atoms with Gasteiger partial charge in [-0.15, -0.1) is 0 Å². The number of hydrogen-bond donors (Lipinski definition) is 1. The fraction of sp³-hybridized carbons (Fsp3) is 0.286. The third-order valence-corrected chi connectivity index (χ3v) is 5.89. The summed E-state index contributed by atoms with van der Waals surface area (Å²) in [6.07, 6.45) is 0.699. The highest BCUT2D eigenvalue weighted by molar-refractivity contribution is 7.89. The first-order valence-corrected chi connectivity index (χ1v) is 8.25. The third kappa shape index (κ3) is 2.20. The van der Waals surface area contributed by atoms with Crippen LogP contribution in [0.15, 0.2) is 41.3 Å². The van der Waals surface area contributed by atoms with Gasteiger partial charge in [-0.2, -0.15) is 4.31 Å². The van der Waals surface area contributed by atoms with Gasteiger partial charge in [-0.25, -0.2) is 8.42 Å². The van der Waals surface area contributed by atoms with Gasteiger partial charge in [0.15, 0.2) is 0 Å². The number of nitrogens with two attached hydrogens (primary N) is 1. The molecular formula is C14H15ClN2O2S. The van der Waals surface area contributed by atoms with Crippen LogP contribution in [0, 0.1) is 0 Å². The summed E-state index contributed by atoms with van der Waals surface area (Å²) in [6, 6.07) is 10.4. The van der Waals surface area contributed by atoms with Gasteiger partial charge < -0.3 is 5.73 Å². The number of halogens is 1. The fourth-order valence-corrected chi connectivity index (χ4v) is 4.51. The highest BCUT2D eigenvalue weighted by Gasteiger charge is 2.32. The van der Waals surface area contributed by atoms with E-state index in [2.05, 4.69) is 0 Å². The maximum Gasteiger partial charge on any atom is 0.243 e. The molecule has 0 aliphatic carbocycles. The largest absolute Gasteiger partial charge is 0.326 e. The highest BCUT2D eigenvalue weighted by atomic mass is 35.5. The van der Waals surface area contributed by atoms with Crippen LogP contribution >= 0.6 is 11.6 Å². The van der Waals surface area contributed by atoms with Crippen LogP contribution in [0.1, 0.15) is 6.42 Å². The average Bonchev–Trinajstić information content (AvgIpc) is 2.87. The van der Waals surface area contributed by atoms with Crippen molar-refractivity contribution in [3.63, 3.8) is 0 Å². The summed E-state index contributed by atoms with van der Waals surface area (Å²) in [5, 5.41) is 1.96. The van der Waals surface area contributed by atoms with Crippen molar-refractivity contribution in [1.82, 2.24) is 4.31 Å². The molecule has 2 N–H and O–H groups in total. The van der Waals surface area contributed by atoms with Crippen molar-refractivity contribution in [3.05, 3.63) is 41.4 Å². The Balaban J connectivity index is 2.17. The van der Waals surface area contributed by atoms with E-state index in [1.807, 2.05) is 18.2 Å². The summed E-state index contributed by atoms with van der Waals surface area (Å²) >= 11 is 6.13. The molecule has 0 amide bonds. The molecule has 1 heterocycles. The highest BCUT2D eigenvalue weighted by Crippen LogP contribution is 2.31. The Morgan fingerprint density at radius 1 is 1.15 bits per heavy atom. The van der Waals surface area contributed by atoms with E-state index < -0.39 is 10.0 Å². The van der Waals surface area contributed by atoms with Gasteiger partial charge in [0.2, 0.25) is 10.0 Å². The summed E-state index contributed by atoms with van der Waals surface area (Å²) in [4.78, 5) is 0.298. The van der Waals surface area contributed by atoms with E-state index in [9.17, 15) is 8.42 Å². The SMILES string of the molecule is N[C@@H]1CCN(S(=O)(=O)c2ccc(Cl)c3ccccc23)C1. The maximum atomic E-state index is 12.7. The van der Waals surface area contributed by atoms with Crippen molar-refractivity contribution in [2.45, 2.75) is 17.4 Å². The van der Waals surface area contributed by atoms with Crippen LogP contribution in [0.3, 0.4) is 0 Å². The Bertz CT molecular complexity index is 761. The normalized spacial score (nSPS) is 20.6. The molecule has 20 heavy (non-hydrogen) atoms. The topological polar surface area (TPSA) is 63.4 Å². The van der Waals surface area contributed by atoms with Crippen LogP contribution in [-0.2, 0) is 10.0 Å². The molecular weight excluding hydrogens is 296 g/mol. The van der Waals surface area contributed by atoms with Crippen LogP contribution < -0.4 is 5.73 Å². The quantitative estimate of drug-likeness (QED) is 0.925. The molecule has 2 aromatic rings. The van der Waals surface area contributed by atoms with Gasteiger partial charge in [0.25, 0.3) is 0 Å². The smallest absolute Gasteiger partial charge is 0.243 e. The van der Waals surface area contributed by atoms with E-state index in [4.69, 9.17) is 17.3 Å². The molecule has 106 valence electrons. The van der Waals surface area contributed by atoms with Crippen molar-refractivity contribution < 1.29 is 8.42 Å². The standard InChI is InChI=1S/C14H15ClN2O2S/c15-13-5-6-14(12-4-2-1-3-11(12)13)20(18,19)17-8-7-10(16)9-17/h1-6,10H,7-9,16H2/t10-/m1/s1. The van der Waals surface area contributed by atoms with Crippen molar-refractivity contribution in [2.24, 2.45) is 5.73 Å². The van der Waals surface area contributed by atoms with Crippen molar-refractivity contribution in [2.75, 3.05) is 13.1 Å². The predicted molar refractivity (Wildman–Crippen MR) is 80.3 cm³/mol. The first kappa shape index (κ1) is 13.8. The second-order valence-electron chi connectivity index (χ2n) is 5.00. The number of hydrogen-bond acceptors (Lipinski definition) is 3. The second-order valence-corrected chi connectivity index (χ2v) is 7.32. The van der Waals surface area contributed by atoms with Crippen LogP contribution in [-0.4, -0.2) is 31.9 Å². The van der Waals surface area contributed by atoms with Gasteiger partial charge >= 0.3 is 0 Å². The van der Waals surface area contributed by atoms with Gasteiger partial charge in [0, 0.05) is 34.9 Å². The molecule has 1 aliphatic rings. The van der Waals surface area contributed by atoms with Crippen LogP contribution in [0.5, 0.6) is 0 Å². The monoisotopic (exact) mass is 310 g/mol. The van der Waals surface area contributed by atoms with Crippen molar-refractivity contribution in [3.8, 4) is 0 Å². The van der Waals surface area contributed by atoms with Gasteiger partial charge in [-0.1, -0.05) is 35.9 Å². The summed E-state index contributed by atoms with van der Waals surface area (Å²) in [6.45, 7) is 0.847. The molecule has 3 rings (SSSR count). The number of nitrogens with zero attached hydrogens (tertiary/aromatic N) is 1. The van der Waals surface area contributed by atoms with E-state index in [1.54, 1.807) is 18.2 Å². The molecule has 4 nitrogen and oxygen atoms in total. The minimum atomic E-state index is -3.52. The Morgan fingerprint density at radius 3 is 2.50 bits per heavy atom. The van der Waals surface area contributed by atoms with Gasteiger partial charge in [-0.3, -0.25) is 0 Å². The molecule has 1 atom stereocenters. The molecule has 1 saturated heterocycles. The van der Waals surface area contributed by atoms with E-state index in [0.717, 1.165) is 5.39 Å². The molecule has 0 radical (unpaired) electrons. The zero-order chi connectivity index (χ0) is 14.3. The third-order valence-electron chi connectivity index (χ3n) is 3.64. The zero-order valence-electron chi connectivity index (χ0n) is 10.8. The van der Waals surface area contributed by atoms with Crippen LogP contribution in [0.4, 0.5) is 0 Å². The van der Waals surface area contributed by atoms with Crippen molar-refractivity contribution >= 4 is 32.4 Å². The Morgan fingerprint density at radius 2 is 1.85 bits per heavy atom.